The van der Waals surface area contributed by atoms with Crippen molar-refractivity contribution < 1.29 is 4.79 Å². The zero-order valence-corrected chi connectivity index (χ0v) is 12.1. The Balaban J connectivity index is 2.78. The van der Waals surface area contributed by atoms with Crippen LogP contribution in [0.5, 0.6) is 0 Å². The summed E-state index contributed by atoms with van der Waals surface area (Å²) < 4.78 is 0.868. The fourth-order valence-corrected chi connectivity index (χ4v) is 1.83. The second-order valence-corrected chi connectivity index (χ2v) is 5.56. The number of anilines is 1. The van der Waals surface area contributed by atoms with E-state index in [2.05, 4.69) is 29.8 Å². The van der Waals surface area contributed by atoms with Crippen LogP contribution in [0.3, 0.4) is 0 Å². The van der Waals surface area contributed by atoms with Crippen molar-refractivity contribution in [3.05, 3.63) is 28.2 Å². The van der Waals surface area contributed by atoms with Crippen molar-refractivity contribution in [3.8, 4) is 0 Å². The Morgan fingerprint density at radius 3 is 2.71 bits per heavy atom. The molecule has 94 valence electrons. The molecule has 2 N–H and O–H groups in total. The molecular weight excluding hydrogens is 280 g/mol. The van der Waals surface area contributed by atoms with Crippen LogP contribution < -0.4 is 5.73 Å². The molecule has 0 aliphatic carbocycles. The first kappa shape index (κ1) is 14.0. The maximum absolute atomic E-state index is 12.2. The summed E-state index contributed by atoms with van der Waals surface area (Å²) in [7, 11) is 1.81. The van der Waals surface area contributed by atoms with Gasteiger partial charge in [0, 0.05) is 23.8 Å². The van der Waals surface area contributed by atoms with Gasteiger partial charge in [-0.3, -0.25) is 4.79 Å². The summed E-state index contributed by atoms with van der Waals surface area (Å²) in [6, 6.07) is 5.34. The van der Waals surface area contributed by atoms with E-state index >= 15 is 0 Å². The Morgan fingerprint density at radius 1 is 1.47 bits per heavy atom. The van der Waals surface area contributed by atoms with Crippen LogP contribution in [0.15, 0.2) is 22.7 Å². The summed E-state index contributed by atoms with van der Waals surface area (Å²) in [6.45, 7) is 5.04. The minimum absolute atomic E-state index is 0.0237. The van der Waals surface area contributed by atoms with Crippen LogP contribution in [0.25, 0.3) is 0 Å². The second kappa shape index (κ2) is 6.05. The molecule has 3 nitrogen and oxygen atoms in total. The van der Waals surface area contributed by atoms with Crippen molar-refractivity contribution in [2.45, 2.75) is 20.3 Å². The fraction of sp³-hybridized carbons (Fsp3) is 0.462. The number of carbonyl (C=O) groups is 1. The van der Waals surface area contributed by atoms with Crippen molar-refractivity contribution in [2.24, 2.45) is 5.92 Å². The van der Waals surface area contributed by atoms with E-state index in [1.807, 2.05) is 13.1 Å². The molecule has 1 rings (SSSR count). The number of hydrogen-bond donors (Lipinski definition) is 1. The van der Waals surface area contributed by atoms with Gasteiger partial charge in [-0.1, -0.05) is 29.8 Å². The van der Waals surface area contributed by atoms with Crippen LogP contribution in [0.1, 0.15) is 30.6 Å². The standard InChI is InChI=1S/C13H19BrN2O/c1-9(2)6-7-16(3)13(17)11-8-10(14)4-5-12(11)15/h4-5,8-9H,6-7,15H2,1-3H3. The second-order valence-electron chi connectivity index (χ2n) is 4.64. The molecule has 1 aromatic carbocycles. The zero-order valence-electron chi connectivity index (χ0n) is 10.5. The summed E-state index contributed by atoms with van der Waals surface area (Å²) >= 11 is 3.35. The van der Waals surface area contributed by atoms with Crippen molar-refractivity contribution in [3.63, 3.8) is 0 Å². The van der Waals surface area contributed by atoms with Crippen molar-refractivity contribution in [1.29, 1.82) is 0 Å². The van der Waals surface area contributed by atoms with Gasteiger partial charge in [-0.2, -0.15) is 0 Å². The Bertz CT molecular complexity index is 404. The molecule has 0 aliphatic heterocycles. The number of rotatable bonds is 4. The highest BCUT2D eigenvalue weighted by Crippen LogP contribution is 2.20. The predicted octanol–water partition coefficient (Wildman–Crippen LogP) is 3.15. The summed E-state index contributed by atoms with van der Waals surface area (Å²) in [5.74, 6) is 0.564. The van der Waals surface area contributed by atoms with Crippen molar-refractivity contribution in [2.75, 3.05) is 19.3 Å². The van der Waals surface area contributed by atoms with Gasteiger partial charge in [0.25, 0.3) is 5.91 Å². The lowest BCUT2D eigenvalue weighted by molar-refractivity contribution is 0.0790. The molecule has 0 unspecified atom stereocenters. The van der Waals surface area contributed by atoms with Gasteiger partial charge < -0.3 is 10.6 Å². The molecule has 0 saturated carbocycles. The highest BCUT2D eigenvalue weighted by molar-refractivity contribution is 9.10. The highest BCUT2D eigenvalue weighted by atomic mass is 79.9. The highest BCUT2D eigenvalue weighted by Gasteiger charge is 2.15. The maximum atomic E-state index is 12.2. The zero-order chi connectivity index (χ0) is 13.0. The Hall–Kier alpha value is -1.03. The molecule has 0 saturated heterocycles. The topological polar surface area (TPSA) is 46.3 Å². The molecule has 0 radical (unpaired) electrons. The molecule has 0 aromatic heterocycles. The van der Waals surface area contributed by atoms with Crippen LogP contribution in [0.4, 0.5) is 5.69 Å². The summed E-state index contributed by atoms with van der Waals surface area (Å²) in [6.07, 6.45) is 0.996. The van der Waals surface area contributed by atoms with E-state index in [1.165, 1.54) is 0 Å². The number of hydrogen-bond acceptors (Lipinski definition) is 2. The third-order valence-electron chi connectivity index (χ3n) is 2.63. The first-order valence-electron chi connectivity index (χ1n) is 5.72. The number of nitrogens with two attached hydrogens (primary N) is 1. The molecule has 0 atom stereocenters. The van der Waals surface area contributed by atoms with Gasteiger partial charge in [0.15, 0.2) is 0 Å². The minimum Gasteiger partial charge on any atom is -0.398 e. The Kier molecular flexibility index (Phi) is 5.00. The molecule has 0 bridgehead atoms. The van der Waals surface area contributed by atoms with Gasteiger partial charge in [0.05, 0.1) is 5.56 Å². The SMILES string of the molecule is CC(C)CCN(C)C(=O)c1cc(Br)ccc1N. The van der Waals surface area contributed by atoms with E-state index in [0.29, 0.717) is 17.2 Å². The van der Waals surface area contributed by atoms with Crippen LogP contribution in [-0.4, -0.2) is 24.4 Å². The van der Waals surface area contributed by atoms with Gasteiger partial charge in [-0.15, -0.1) is 0 Å². The smallest absolute Gasteiger partial charge is 0.255 e. The Morgan fingerprint density at radius 2 is 2.12 bits per heavy atom. The van der Waals surface area contributed by atoms with Gasteiger partial charge in [-0.25, -0.2) is 0 Å². The number of carbonyl (C=O) groups excluding carboxylic acids is 1. The number of benzene rings is 1. The summed E-state index contributed by atoms with van der Waals surface area (Å²) in [5.41, 5.74) is 6.90. The molecule has 1 aromatic rings. The molecule has 17 heavy (non-hydrogen) atoms. The van der Waals surface area contributed by atoms with Gasteiger partial charge in [-0.05, 0) is 30.5 Å². The van der Waals surface area contributed by atoms with Crippen molar-refractivity contribution >= 4 is 27.5 Å². The van der Waals surface area contributed by atoms with Crippen LogP contribution in [0.2, 0.25) is 0 Å². The minimum atomic E-state index is -0.0237. The maximum Gasteiger partial charge on any atom is 0.255 e. The average Bonchev–Trinajstić information content (AvgIpc) is 2.28. The van der Waals surface area contributed by atoms with Crippen LogP contribution >= 0.6 is 15.9 Å². The lowest BCUT2D eigenvalue weighted by atomic mass is 10.1. The lowest BCUT2D eigenvalue weighted by Gasteiger charge is -2.19. The van der Waals surface area contributed by atoms with E-state index in [1.54, 1.807) is 17.0 Å². The summed E-state index contributed by atoms with van der Waals surface area (Å²) in [4.78, 5) is 13.9. The van der Waals surface area contributed by atoms with E-state index in [4.69, 9.17) is 5.73 Å². The molecule has 0 aliphatic rings. The molecule has 0 spiro atoms. The first-order chi connectivity index (χ1) is 7.91. The summed E-state index contributed by atoms with van der Waals surface area (Å²) in [5, 5.41) is 0. The molecular formula is C13H19BrN2O. The molecule has 0 fully saturated rings. The molecule has 1 amide bonds. The lowest BCUT2D eigenvalue weighted by Crippen LogP contribution is -2.29. The van der Waals surface area contributed by atoms with E-state index in [0.717, 1.165) is 17.4 Å². The van der Waals surface area contributed by atoms with Gasteiger partial charge in [0.1, 0.15) is 0 Å². The molecule has 4 heteroatoms. The van der Waals surface area contributed by atoms with Crippen molar-refractivity contribution in [1.82, 2.24) is 4.90 Å². The normalized spacial score (nSPS) is 10.6. The van der Waals surface area contributed by atoms with Gasteiger partial charge in [0.2, 0.25) is 0 Å². The molecule has 0 heterocycles. The largest absolute Gasteiger partial charge is 0.398 e. The monoisotopic (exact) mass is 298 g/mol. The predicted molar refractivity (Wildman–Crippen MR) is 75.0 cm³/mol. The fourth-order valence-electron chi connectivity index (χ4n) is 1.47. The quantitative estimate of drug-likeness (QED) is 0.868. The van der Waals surface area contributed by atoms with Crippen LogP contribution in [-0.2, 0) is 0 Å². The average molecular weight is 299 g/mol. The number of nitrogens with zero attached hydrogens (tertiary/aromatic N) is 1. The Labute approximate surface area is 111 Å². The number of nitrogen functional groups attached to an aromatic ring is 1. The van der Waals surface area contributed by atoms with E-state index < -0.39 is 0 Å². The van der Waals surface area contributed by atoms with Crippen LogP contribution in [0, 0.1) is 5.92 Å². The number of amides is 1. The first-order valence-corrected chi connectivity index (χ1v) is 6.51. The van der Waals surface area contributed by atoms with E-state index in [-0.39, 0.29) is 5.91 Å². The number of halogens is 1. The third-order valence-corrected chi connectivity index (χ3v) is 3.13. The third kappa shape index (κ3) is 4.04. The van der Waals surface area contributed by atoms with E-state index in [9.17, 15) is 4.79 Å². The van der Waals surface area contributed by atoms with Gasteiger partial charge >= 0.3 is 0 Å².